The number of hydrogen-bond donors (Lipinski definition) is 0. The summed E-state index contributed by atoms with van der Waals surface area (Å²) < 4.78 is 87.2. The number of ether oxygens (including phenoxy) is 1. The average Bonchev–Trinajstić information content (AvgIpc) is 3.11. The Morgan fingerprint density at radius 3 is 2.47 bits per heavy atom. The first-order chi connectivity index (χ1) is 16.1. The lowest BCUT2D eigenvalue weighted by atomic mass is 10.0. The molecule has 0 spiro atoms. The van der Waals surface area contributed by atoms with Gasteiger partial charge in [-0.1, -0.05) is 12.1 Å². The minimum atomic E-state index is -4.62. The molecule has 1 aromatic carbocycles. The highest BCUT2D eigenvalue weighted by atomic mass is 19.4. The molecule has 0 radical (unpaired) electrons. The Morgan fingerprint density at radius 2 is 1.82 bits per heavy atom. The predicted octanol–water partition coefficient (Wildman–Crippen LogP) is 4.63. The van der Waals surface area contributed by atoms with Gasteiger partial charge in [0.1, 0.15) is 18.5 Å². The second-order valence-corrected chi connectivity index (χ2v) is 7.45. The topological polar surface area (TPSA) is 68.2 Å². The molecule has 0 saturated carbocycles. The lowest BCUT2D eigenvalue weighted by Crippen LogP contribution is -2.46. The zero-order valence-corrected chi connectivity index (χ0v) is 17.3. The summed E-state index contributed by atoms with van der Waals surface area (Å²) in [5.74, 6) is -5.61. The summed E-state index contributed by atoms with van der Waals surface area (Å²) in [6.45, 7) is -1.15. The molecular formula is C22H16F6N4O2. The molecule has 1 amide bonds. The van der Waals surface area contributed by atoms with Gasteiger partial charge in [-0.2, -0.15) is 13.2 Å². The van der Waals surface area contributed by atoms with Gasteiger partial charge in [-0.15, -0.1) is 0 Å². The maximum Gasteiger partial charge on any atom is 0.417 e. The lowest BCUT2D eigenvalue weighted by molar-refractivity contribution is -0.137. The van der Waals surface area contributed by atoms with Crippen LogP contribution in [0, 0.1) is 5.82 Å². The quantitative estimate of drug-likeness (QED) is 0.497. The van der Waals surface area contributed by atoms with E-state index in [1.165, 1.54) is 30.6 Å². The molecule has 0 unspecified atom stereocenters. The van der Waals surface area contributed by atoms with Crippen molar-refractivity contribution in [3.63, 3.8) is 0 Å². The van der Waals surface area contributed by atoms with Gasteiger partial charge < -0.3 is 9.64 Å². The fourth-order valence-corrected chi connectivity index (χ4v) is 3.58. The molecule has 2 aromatic heterocycles. The van der Waals surface area contributed by atoms with Gasteiger partial charge in [0, 0.05) is 43.2 Å². The smallest absolute Gasteiger partial charge is 0.417 e. The largest absolute Gasteiger partial charge is 0.475 e. The Labute approximate surface area is 189 Å². The number of halogens is 6. The first kappa shape index (κ1) is 23.5. The molecule has 3 aromatic rings. The van der Waals surface area contributed by atoms with Crippen molar-refractivity contribution in [1.29, 1.82) is 0 Å². The van der Waals surface area contributed by atoms with Crippen LogP contribution in [0.5, 0.6) is 5.88 Å². The zero-order valence-electron chi connectivity index (χ0n) is 17.3. The number of alkyl halides is 5. The summed E-state index contributed by atoms with van der Waals surface area (Å²) in [5.41, 5.74) is -1.47. The first-order valence-corrected chi connectivity index (χ1v) is 9.98. The van der Waals surface area contributed by atoms with E-state index in [1.54, 1.807) is 0 Å². The van der Waals surface area contributed by atoms with E-state index in [9.17, 15) is 31.1 Å². The Balaban J connectivity index is 1.59. The number of carbonyl (C=O) groups excluding carboxylic acids is 1. The number of pyridine rings is 1. The van der Waals surface area contributed by atoms with Crippen LogP contribution in [-0.2, 0) is 6.18 Å². The predicted molar refractivity (Wildman–Crippen MR) is 107 cm³/mol. The highest BCUT2D eigenvalue weighted by Crippen LogP contribution is 2.37. The number of likely N-dealkylation sites (tertiary alicyclic amines) is 1. The Kier molecular flexibility index (Phi) is 6.15. The van der Waals surface area contributed by atoms with Crippen molar-refractivity contribution >= 4 is 5.91 Å². The van der Waals surface area contributed by atoms with Crippen molar-refractivity contribution in [1.82, 2.24) is 19.9 Å². The molecule has 178 valence electrons. The third kappa shape index (κ3) is 4.66. The van der Waals surface area contributed by atoms with Gasteiger partial charge in [0.25, 0.3) is 11.8 Å². The van der Waals surface area contributed by atoms with Gasteiger partial charge in [0.05, 0.1) is 11.1 Å². The first-order valence-electron chi connectivity index (χ1n) is 9.98. The molecule has 0 aliphatic carbocycles. The van der Waals surface area contributed by atoms with E-state index in [-0.39, 0.29) is 23.8 Å². The normalized spacial score (nSPS) is 17.6. The number of carbonyl (C=O) groups is 1. The van der Waals surface area contributed by atoms with Crippen molar-refractivity contribution in [3.8, 4) is 17.3 Å². The minimum absolute atomic E-state index is 0.0323. The summed E-state index contributed by atoms with van der Waals surface area (Å²) >= 11 is 0. The molecule has 12 heteroatoms. The Bertz CT molecular complexity index is 1170. The Morgan fingerprint density at radius 1 is 1.09 bits per heavy atom. The van der Waals surface area contributed by atoms with Gasteiger partial charge in [-0.25, -0.2) is 28.1 Å². The average molecular weight is 482 g/mol. The van der Waals surface area contributed by atoms with Crippen LogP contribution < -0.4 is 4.74 Å². The molecule has 1 atom stereocenters. The number of nitrogens with zero attached hydrogens (tertiary/aromatic N) is 4. The summed E-state index contributed by atoms with van der Waals surface area (Å²) in [6.07, 6.45) is -2.03. The van der Waals surface area contributed by atoms with Gasteiger partial charge in [0.2, 0.25) is 5.88 Å². The van der Waals surface area contributed by atoms with Crippen LogP contribution in [0.25, 0.3) is 11.4 Å². The minimum Gasteiger partial charge on any atom is -0.475 e. The highest BCUT2D eigenvalue weighted by Gasteiger charge is 2.52. The zero-order chi connectivity index (χ0) is 24.5. The summed E-state index contributed by atoms with van der Waals surface area (Å²) in [4.78, 5) is 25.5. The second kappa shape index (κ2) is 8.92. The summed E-state index contributed by atoms with van der Waals surface area (Å²) in [7, 11) is 0. The molecule has 1 saturated heterocycles. The number of hydrogen-bond acceptors (Lipinski definition) is 5. The Hall–Kier alpha value is -3.70. The SMILES string of the molecule is O=C(c1c(F)cccc1-c1ncccn1)N1CCC(F)(F)[C@H]1COc1ccc(C(F)(F)F)cn1. The maximum atomic E-state index is 14.7. The van der Waals surface area contributed by atoms with Crippen LogP contribution >= 0.6 is 0 Å². The molecule has 0 bridgehead atoms. The number of rotatable bonds is 5. The van der Waals surface area contributed by atoms with Crippen LogP contribution in [0.2, 0.25) is 0 Å². The lowest BCUT2D eigenvalue weighted by Gasteiger charge is -2.28. The number of amides is 1. The van der Waals surface area contributed by atoms with Gasteiger partial charge >= 0.3 is 6.18 Å². The number of benzene rings is 1. The third-order valence-electron chi connectivity index (χ3n) is 5.30. The third-order valence-corrected chi connectivity index (χ3v) is 5.30. The van der Waals surface area contributed by atoms with Crippen molar-refractivity contribution in [2.75, 3.05) is 13.2 Å². The van der Waals surface area contributed by atoms with Crippen molar-refractivity contribution < 1.29 is 35.9 Å². The second-order valence-electron chi connectivity index (χ2n) is 7.45. The van der Waals surface area contributed by atoms with E-state index in [2.05, 4.69) is 15.0 Å². The van der Waals surface area contributed by atoms with E-state index in [0.717, 1.165) is 17.0 Å². The fourth-order valence-electron chi connectivity index (χ4n) is 3.58. The van der Waals surface area contributed by atoms with E-state index >= 15 is 0 Å². The van der Waals surface area contributed by atoms with E-state index in [4.69, 9.17) is 4.74 Å². The fraction of sp³-hybridized carbons (Fsp3) is 0.273. The summed E-state index contributed by atoms with van der Waals surface area (Å²) in [5, 5.41) is 0. The van der Waals surface area contributed by atoms with E-state index in [0.29, 0.717) is 12.3 Å². The van der Waals surface area contributed by atoms with Crippen LogP contribution in [0.15, 0.2) is 55.0 Å². The van der Waals surface area contributed by atoms with Gasteiger partial charge in [-0.3, -0.25) is 4.79 Å². The van der Waals surface area contributed by atoms with Crippen molar-refractivity contribution in [3.05, 3.63) is 71.9 Å². The van der Waals surface area contributed by atoms with Crippen molar-refractivity contribution in [2.45, 2.75) is 24.6 Å². The molecular weight excluding hydrogens is 466 g/mol. The molecule has 1 aliphatic heterocycles. The molecule has 34 heavy (non-hydrogen) atoms. The summed E-state index contributed by atoms with van der Waals surface area (Å²) in [6, 6.07) is 5.07. The highest BCUT2D eigenvalue weighted by molar-refractivity contribution is 6.00. The van der Waals surface area contributed by atoms with E-state index < -0.39 is 54.0 Å². The molecule has 3 heterocycles. The maximum absolute atomic E-state index is 14.7. The van der Waals surface area contributed by atoms with Gasteiger partial charge in [-0.05, 0) is 18.2 Å². The molecule has 6 nitrogen and oxygen atoms in total. The van der Waals surface area contributed by atoms with Crippen molar-refractivity contribution in [2.24, 2.45) is 0 Å². The van der Waals surface area contributed by atoms with Crippen LogP contribution in [0.3, 0.4) is 0 Å². The monoisotopic (exact) mass is 482 g/mol. The standard InChI is InChI=1S/C22H16F6N4O2/c23-15-4-1-3-14(19-29-8-2-9-30-19)18(15)20(33)32-10-7-21(24,25)16(32)12-34-17-6-5-13(11-31-17)22(26,27)28/h1-6,8-9,11,16H,7,10,12H2/t16-/m1/s1. The molecule has 1 fully saturated rings. The van der Waals surface area contributed by atoms with E-state index in [1.807, 2.05) is 0 Å². The van der Waals surface area contributed by atoms with Gasteiger partial charge in [0.15, 0.2) is 5.82 Å². The van der Waals surface area contributed by atoms with Crippen LogP contribution in [-0.4, -0.2) is 50.9 Å². The van der Waals surface area contributed by atoms with Crippen LogP contribution in [0.4, 0.5) is 26.3 Å². The van der Waals surface area contributed by atoms with Crippen LogP contribution in [0.1, 0.15) is 22.3 Å². The molecule has 4 rings (SSSR count). The molecule has 0 N–H and O–H groups in total. The number of aromatic nitrogens is 3. The molecule has 1 aliphatic rings.